The number of hydrogen-bond donors (Lipinski definition) is 2. The van der Waals surface area contributed by atoms with Gasteiger partial charge in [-0.15, -0.1) is 0 Å². The predicted molar refractivity (Wildman–Crippen MR) is 101 cm³/mol. The number of aryl methyl sites for hydroxylation is 1. The molecule has 0 saturated carbocycles. The van der Waals surface area contributed by atoms with E-state index in [0.29, 0.717) is 11.8 Å². The zero-order valence-corrected chi connectivity index (χ0v) is 16.3. The minimum atomic E-state index is -4.83. The summed E-state index contributed by atoms with van der Waals surface area (Å²) < 4.78 is 62.9. The first kappa shape index (κ1) is 21.7. The second-order valence-corrected chi connectivity index (χ2v) is 7.93. The van der Waals surface area contributed by atoms with Crippen LogP contribution in [-0.2, 0) is 21.0 Å². The van der Waals surface area contributed by atoms with E-state index >= 15 is 0 Å². The molecule has 2 aromatic carbocycles. The van der Waals surface area contributed by atoms with Crippen LogP contribution in [0.5, 0.6) is 0 Å². The van der Waals surface area contributed by atoms with Crippen LogP contribution in [0.4, 0.5) is 24.5 Å². The zero-order chi connectivity index (χ0) is 21.3. The van der Waals surface area contributed by atoms with Gasteiger partial charge in [0.25, 0.3) is 0 Å². The van der Waals surface area contributed by atoms with E-state index in [1.165, 1.54) is 7.05 Å². The number of halogens is 3. The molecule has 0 fully saturated rings. The van der Waals surface area contributed by atoms with Crippen LogP contribution in [0.25, 0.3) is 0 Å². The molecule has 0 bridgehead atoms. The van der Waals surface area contributed by atoms with Crippen LogP contribution in [0.1, 0.15) is 16.7 Å². The number of hydrogen-bond acceptors (Lipinski definition) is 4. The summed E-state index contributed by atoms with van der Waals surface area (Å²) in [5.74, 6) is -0.514. The van der Waals surface area contributed by atoms with Crippen molar-refractivity contribution in [3.8, 4) is 0 Å². The van der Waals surface area contributed by atoms with Gasteiger partial charge in [0.2, 0.25) is 15.9 Å². The quantitative estimate of drug-likeness (QED) is 0.785. The van der Waals surface area contributed by atoms with Crippen molar-refractivity contribution in [2.24, 2.45) is 5.14 Å². The lowest BCUT2D eigenvalue weighted by atomic mass is 10.1. The summed E-state index contributed by atoms with van der Waals surface area (Å²) >= 11 is 0. The number of alkyl halides is 3. The number of primary sulfonamides is 1. The molecule has 10 heteroatoms. The first-order chi connectivity index (χ1) is 12.8. The number of nitrogens with zero attached hydrogens (tertiary/aromatic N) is 1. The van der Waals surface area contributed by atoms with Gasteiger partial charge < -0.3 is 10.2 Å². The van der Waals surface area contributed by atoms with Gasteiger partial charge in [0.15, 0.2) is 0 Å². The first-order valence-corrected chi connectivity index (χ1v) is 9.66. The van der Waals surface area contributed by atoms with Gasteiger partial charge in [0, 0.05) is 18.4 Å². The molecular weight excluding hydrogens is 395 g/mol. The molecular formula is C18H20F3N3O3S. The lowest BCUT2D eigenvalue weighted by Gasteiger charge is -2.24. The number of nitrogens with one attached hydrogen (secondary N) is 1. The van der Waals surface area contributed by atoms with Gasteiger partial charge in [-0.3, -0.25) is 4.79 Å². The van der Waals surface area contributed by atoms with Crippen LogP contribution in [0.2, 0.25) is 0 Å². The number of sulfonamides is 1. The molecule has 0 aromatic heterocycles. The molecule has 3 N–H and O–H groups in total. The lowest BCUT2D eigenvalue weighted by Crippen LogP contribution is -2.32. The molecule has 0 aliphatic heterocycles. The van der Waals surface area contributed by atoms with Crippen molar-refractivity contribution in [3.63, 3.8) is 0 Å². The maximum Gasteiger partial charge on any atom is 0.418 e. The molecule has 2 aromatic rings. The second kappa shape index (κ2) is 7.80. The second-order valence-electron chi connectivity index (χ2n) is 6.37. The molecule has 28 heavy (non-hydrogen) atoms. The van der Waals surface area contributed by atoms with E-state index in [9.17, 15) is 26.4 Å². The van der Waals surface area contributed by atoms with Crippen LogP contribution in [-0.4, -0.2) is 27.9 Å². The topological polar surface area (TPSA) is 92.5 Å². The normalized spacial score (nSPS) is 12.0. The highest BCUT2D eigenvalue weighted by molar-refractivity contribution is 7.89. The van der Waals surface area contributed by atoms with Gasteiger partial charge >= 0.3 is 6.18 Å². The Hall–Kier alpha value is -2.59. The average molecular weight is 415 g/mol. The fourth-order valence-electron chi connectivity index (χ4n) is 2.63. The maximum atomic E-state index is 13.4. The van der Waals surface area contributed by atoms with Crippen LogP contribution < -0.4 is 15.4 Å². The highest BCUT2D eigenvalue weighted by Crippen LogP contribution is 2.37. The van der Waals surface area contributed by atoms with Crippen LogP contribution in [0, 0.1) is 13.8 Å². The monoisotopic (exact) mass is 415 g/mol. The van der Waals surface area contributed by atoms with E-state index in [0.717, 1.165) is 28.2 Å². The molecule has 0 saturated heterocycles. The van der Waals surface area contributed by atoms with E-state index in [1.54, 1.807) is 12.1 Å². The van der Waals surface area contributed by atoms with E-state index in [2.05, 4.69) is 5.32 Å². The van der Waals surface area contributed by atoms with E-state index < -0.39 is 32.6 Å². The predicted octanol–water partition coefficient (Wildman–Crippen LogP) is 3.04. The minimum Gasteiger partial charge on any atom is -0.365 e. The van der Waals surface area contributed by atoms with E-state index in [1.807, 2.05) is 19.9 Å². The molecule has 0 unspecified atom stereocenters. The van der Waals surface area contributed by atoms with Gasteiger partial charge in [-0.25, -0.2) is 13.6 Å². The summed E-state index contributed by atoms with van der Waals surface area (Å²) in [4.78, 5) is 12.7. The van der Waals surface area contributed by atoms with Crippen molar-refractivity contribution < 1.29 is 26.4 Å². The molecule has 1 amide bonds. The summed E-state index contributed by atoms with van der Waals surface area (Å²) in [6.45, 7) is 3.33. The van der Waals surface area contributed by atoms with E-state index in [4.69, 9.17) is 5.14 Å². The Labute approximate surface area is 161 Å². The molecule has 0 heterocycles. The zero-order valence-electron chi connectivity index (χ0n) is 15.5. The Bertz CT molecular complexity index is 1000. The van der Waals surface area contributed by atoms with Crippen molar-refractivity contribution in [1.82, 2.24) is 0 Å². The number of amides is 1. The molecule has 152 valence electrons. The van der Waals surface area contributed by atoms with Crippen molar-refractivity contribution in [1.29, 1.82) is 0 Å². The SMILES string of the molecule is Cc1cccc(NC(=O)CN(C)c2ccc(S(N)(=O)=O)cc2C(F)(F)F)c1C. The highest BCUT2D eigenvalue weighted by Gasteiger charge is 2.35. The summed E-state index contributed by atoms with van der Waals surface area (Å²) in [7, 11) is -2.99. The van der Waals surface area contributed by atoms with Gasteiger partial charge in [0.1, 0.15) is 0 Å². The Balaban J connectivity index is 2.29. The van der Waals surface area contributed by atoms with E-state index in [-0.39, 0.29) is 12.2 Å². The first-order valence-electron chi connectivity index (χ1n) is 8.12. The van der Waals surface area contributed by atoms with Crippen molar-refractivity contribution in [2.75, 3.05) is 23.8 Å². The average Bonchev–Trinajstić information content (AvgIpc) is 2.56. The highest BCUT2D eigenvalue weighted by atomic mass is 32.2. The fraction of sp³-hybridized carbons (Fsp3) is 0.278. The third kappa shape index (κ3) is 5.02. The Morgan fingerprint density at radius 1 is 1.18 bits per heavy atom. The van der Waals surface area contributed by atoms with Crippen molar-refractivity contribution in [2.45, 2.75) is 24.9 Å². The molecule has 0 aliphatic rings. The maximum absolute atomic E-state index is 13.4. The van der Waals surface area contributed by atoms with Gasteiger partial charge in [-0.05, 0) is 49.2 Å². The summed E-state index contributed by atoms with van der Waals surface area (Å²) in [6.07, 6.45) is -4.83. The van der Waals surface area contributed by atoms with Crippen LogP contribution >= 0.6 is 0 Å². The molecule has 0 spiro atoms. The smallest absolute Gasteiger partial charge is 0.365 e. The van der Waals surface area contributed by atoms with Crippen molar-refractivity contribution >= 4 is 27.3 Å². The minimum absolute atomic E-state index is 0.337. The number of likely N-dealkylation sites (N-methyl/N-ethyl adjacent to an activating group) is 1. The molecule has 0 atom stereocenters. The molecule has 6 nitrogen and oxygen atoms in total. The summed E-state index contributed by atoms with van der Waals surface area (Å²) in [6, 6.07) is 7.74. The number of carbonyl (C=O) groups excluding carboxylic acids is 1. The standard InChI is InChI=1S/C18H20F3N3O3S/c1-11-5-4-6-15(12(11)2)23-17(25)10-24(3)16-8-7-13(28(22,26)27)9-14(16)18(19,20)21/h4-9H,10H2,1-3H3,(H,23,25)(H2,22,26,27). The third-order valence-electron chi connectivity index (χ3n) is 4.27. The lowest BCUT2D eigenvalue weighted by molar-refractivity contribution is -0.137. The van der Waals surface area contributed by atoms with Gasteiger partial charge in [-0.2, -0.15) is 13.2 Å². The van der Waals surface area contributed by atoms with Gasteiger partial charge in [-0.1, -0.05) is 12.1 Å². The largest absolute Gasteiger partial charge is 0.418 e. The fourth-order valence-corrected chi connectivity index (χ4v) is 3.17. The number of anilines is 2. The van der Waals surface area contributed by atoms with Gasteiger partial charge in [0.05, 0.1) is 17.0 Å². The van der Waals surface area contributed by atoms with Crippen molar-refractivity contribution in [3.05, 3.63) is 53.1 Å². The third-order valence-corrected chi connectivity index (χ3v) is 5.18. The Kier molecular flexibility index (Phi) is 6.05. The number of carbonyl (C=O) groups is 1. The Morgan fingerprint density at radius 2 is 1.82 bits per heavy atom. The molecule has 0 radical (unpaired) electrons. The van der Waals surface area contributed by atoms with Crippen LogP contribution in [0.15, 0.2) is 41.3 Å². The number of benzene rings is 2. The number of rotatable bonds is 5. The summed E-state index contributed by atoms with van der Waals surface area (Å²) in [5.41, 5.74) is 0.854. The van der Waals surface area contributed by atoms with Crippen LogP contribution in [0.3, 0.4) is 0 Å². The molecule has 0 aliphatic carbocycles. The summed E-state index contributed by atoms with van der Waals surface area (Å²) in [5, 5.41) is 7.58. The Morgan fingerprint density at radius 3 is 2.39 bits per heavy atom. The molecule has 2 rings (SSSR count). The number of nitrogens with two attached hydrogens (primary N) is 1.